The van der Waals surface area contributed by atoms with Gasteiger partial charge < -0.3 is 20.9 Å². The fourth-order valence-corrected chi connectivity index (χ4v) is 1.67. The van der Waals surface area contributed by atoms with Crippen LogP contribution in [0.25, 0.3) is 11.0 Å². The van der Waals surface area contributed by atoms with Crippen LogP contribution in [0.5, 0.6) is 0 Å². The van der Waals surface area contributed by atoms with Crippen molar-refractivity contribution in [1.82, 2.24) is 15.0 Å². The zero-order valence-electron chi connectivity index (χ0n) is 8.46. The number of carbonyl (C=O) groups excluding carboxylic acids is 1. The third-order valence-electron chi connectivity index (χ3n) is 2.36. The summed E-state index contributed by atoms with van der Waals surface area (Å²) in [4.78, 5) is 21.2. The van der Waals surface area contributed by atoms with Crippen LogP contribution >= 0.6 is 11.6 Å². The van der Waals surface area contributed by atoms with Crippen LogP contribution in [0, 0.1) is 0 Å². The summed E-state index contributed by atoms with van der Waals surface area (Å²) < 4.78 is 0. The lowest BCUT2D eigenvalue weighted by atomic mass is 10.1. The highest BCUT2D eigenvalue weighted by molar-refractivity contribution is 6.33. The molecule has 2 atom stereocenters. The minimum Gasteiger partial charge on any atom is -0.385 e. The molecule has 2 unspecified atom stereocenters. The SMILES string of the molecule is NC(=O)C(O)C(O)c1c[nH]c2c(Cl)ncnc12. The van der Waals surface area contributed by atoms with E-state index in [0.717, 1.165) is 0 Å². The number of aromatic amines is 1. The van der Waals surface area contributed by atoms with Gasteiger partial charge in [0.25, 0.3) is 0 Å². The number of aliphatic hydroxyl groups excluding tert-OH is 2. The predicted octanol–water partition coefficient (Wildman–Crippen LogP) is -0.509. The number of aromatic nitrogens is 3. The van der Waals surface area contributed by atoms with Gasteiger partial charge >= 0.3 is 0 Å². The number of nitrogens with two attached hydrogens (primary N) is 1. The Bertz CT molecular complexity index is 570. The van der Waals surface area contributed by atoms with Crippen LogP contribution in [0.4, 0.5) is 0 Å². The lowest BCUT2D eigenvalue weighted by molar-refractivity contribution is -0.131. The summed E-state index contributed by atoms with van der Waals surface area (Å²) in [6.07, 6.45) is -0.567. The highest BCUT2D eigenvalue weighted by Gasteiger charge is 2.26. The standard InChI is InChI=1S/C9H9ClN4O3/c10-8-5-4(13-2-14-8)3(1-12-5)6(15)7(16)9(11)17/h1-2,6-7,12,15-16H,(H2,11,17). The molecule has 2 aromatic rings. The molecule has 2 aromatic heterocycles. The highest BCUT2D eigenvalue weighted by atomic mass is 35.5. The van der Waals surface area contributed by atoms with Crippen molar-refractivity contribution in [3.8, 4) is 0 Å². The maximum absolute atomic E-state index is 10.8. The van der Waals surface area contributed by atoms with Gasteiger partial charge in [0.2, 0.25) is 5.91 Å². The largest absolute Gasteiger partial charge is 0.385 e. The van der Waals surface area contributed by atoms with Crippen molar-refractivity contribution in [2.45, 2.75) is 12.2 Å². The molecular formula is C9H9ClN4O3. The van der Waals surface area contributed by atoms with Crippen LogP contribution in [0.1, 0.15) is 11.7 Å². The number of halogens is 1. The summed E-state index contributed by atoms with van der Waals surface area (Å²) in [5, 5.41) is 19.3. The summed E-state index contributed by atoms with van der Waals surface area (Å²) >= 11 is 5.80. The van der Waals surface area contributed by atoms with E-state index < -0.39 is 18.1 Å². The molecular weight excluding hydrogens is 248 g/mol. The quantitative estimate of drug-likeness (QED) is 0.551. The summed E-state index contributed by atoms with van der Waals surface area (Å²) in [5.74, 6) is -1.02. The summed E-state index contributed by atoms with van der Waals surface area (Å²) in [6.45, 7) is 0. The van der Waals surface area contributed by atoms with Gasteiger partial charge in [-0.15, -0.1) is 0 Å². The third kappa shape index (κ3) is 1.95. The van der Waals surface area contributed by atoms with Crippen molar-refractivity contribution in [3.05, 3.63) is 23.2 Å². The molecule has 0 radical (unpaired) electrons. The second kappa shape index (κ2) is 4.28. The lowest BCUT2D eigenvalue weighted by Gasteiger charge is -2.13. The molecule has 0 aromatic carbocycles. The first-order chi connectivity index (χ1) is 8.02. The van der Waals surface area contributed by atoms with Crippen LogP contribution in [0.2, 0.25) is 5.15 Å². The Morgan fingerprint density at radius 3 is 2.82 bits per heavy atom. The van der Waals surface area contributed by atoms with Crippen molar-refractivity contribution in [1.29, 1.82) is 0 Å². The second-order valence-corrected chi connectivity index (χ2v) is 3.78. The average Bonchev–Trinajstić information content (AvgIpc) is 2.72. The minimum atomic E-state index is -1.71. The Labute approximate surface area is 100 Å². The lowest BCUT2D eigenvalue weighted by Crippen LogP contribution is -2.33. The molecule has 0 saturated heterocycles. The first-order valence-electron chi connectivity index (χ1n) is 4.65. The predicted molar refractivity (Wildman–Crippen MR) is 59.1 cm³/mol. The topological polar surface area (TPSA) is 125 Å². The average molecular weight is 257 g/mol. The molecule has 7 nitrogen and oxygen atoms in total. The Balaban J connectivity index is 2.50. The number of nitrogens with zero attached hydrogens (tertiary/aromatic N) is 2. The molecule has 8 heteroatoms. The maximum Gasteiger partial charge on any atom is 0.249 e. The van der Waals surface area contributed by atoms with Crippen molar-refractivity contribution in [2.75, 3.05) is 0 Å². The third-order valence-corrected chi connectivity index (χ3v) is 2.64. The fraction of sp³-hybridized carbons (Fsp3) is 0.222. The first kappa shape index (κ1) is 11.8. The fourth-order valence-electron chi connectivity index (χ4n) is 1.48. The van der Waals surface area contributed by atoms with Gasteiger partial charge in [-0.25, -0.2) is 9.97 Å². The monoisotopic (exact) mass is 256 g/mol. The Hall–Kier alpha value is -1.70. The Kier molecular flexibility index (Phi) is 2.97. The molecule has 0 spiro atoms. The number of primary amides is 1. The smallest absolute Gasteiger partial charge is 0.249 e. The van der Waals surface area contributed by atoms with Crippen molar-refractivity contribution >= 4 is 28.5 Å². The normalized spacial score (nSPS) is 14.8. The number of hydrogen-bond donors (Lipinski definition) is 4. The number of H-pyrrole nitrogens is 1. The molecule has 0 aliphatic heterocycles. The maximum atomic E-state index is 10.8. The van der Waals surface area contributed by atoms with E-state index in [4.69, 9.17) is 17.3 Å². The molecule has 0 aliphatic rings. The van der Waals surface area contributed by atoms with E-state index in [1.165, 1.54) is 12.5 Å². The van der Waals surface area contributed by atoms with E-state index in [9.17, 15) is 15.0 Å². The zero-order valence-corrected chi connectivity index (χ0v) is 9.22. The Morgan fingerprint density at radius 1 is 1.47 bits per heavy atom. The van der Waals surface area contributed by atoms with Gasteiger partial charge in [0, 0.05) is 11.8 Å². The number of nitrogens with one attached hydrogen (secondary N) is 1. The molecule has 0 bridgehead atoms. The molecule has 2 rings (SSSR count). The van der Waals surface area contributed by atoms with E-state index >= 15 is 0 Å². The molecule has 0 aliphatic carbocycles. The van der Waals surface area contributed by atoms with Gasteiger partial charge in [0.15, 0.2) is 11.3 Å². The summed E-state index contributed by atoms with van der Waals surface area (Å²) in [6, 6.07) is 0. The molecule has 1 amide bonds. The molecule has 0 saturated carbocycles. The van der Waals surface area contributed by atoms with Gasteiger partial charge in [0.05, 0.1) is 5.52 Å². The molecule has 90 valence electrons. The van der Waals surface area contributed by atoms with Gasteiger partial charge in [0.1, 0.15) is 17.9 Å². The van der Waals surface area contributed by atoms with E-state index in [2.05, 4.69) is 15.0 Å². The number of aliphatic hydroxyl groups is 2. The summed E-state index contributed by atoms with van der Waals surface area (Å²) in [7, 11) is 0. The van der Waals surface area contributed by atoms with Gasteiger partial charge in [-0.3, -0.25) is 4.79 Å². The number of amides is 1. The number of hydrogen-bond acceptors (Lipinski definition) is 5. The molecule has 2 heterocycles. The summed E-state index contributed by atoms with van der Waals surface area (Å²) in [5.41, 5.74) is 5.88. The van der Waals surface area contributed by atoms with Crippen LogP contribution < -0.4 is 5.73 Å². The van der Waals surface area contributed by atoms with E-state index in [1.807, 2.05) is 0 Å². The first-order valence-corrected chi connectivity index (χ1v) is 5.03. The molecule has 5 N–H and O–H groups in total. The number of rotatable bonds is 3. The second-order valence-electron chi connectivity index (χ2n) is 3.42. The van der Waals surface area contributed by atoms with Crippen LogP contribution in [-0.4, -0.2) is 37.2 Å². The van der Waals surface area contributed by atoms with E-state index in [-0.39, 0.29) is 10.7 Å². The van der Waals surface area contributed by atoms with Crippen LogP contribution in [0.3, 0.4) is 0 Å². The van der Waals surface area contributed by atoms with Crippen LogP contribution in [0.15, 0.2) is 12.5 Å². The Morgan fingerprint density at radius 2 is 2.18 bits per heavy atom. The van der Waals surface area contributed by atoms with Gasteiger partial charge in [-0.1, -0.05) is 11.6 Å². The minimum absolute atomic E-state index is 0.182. The van der Waals surface area contributed by atoms with Gasteiger partial charge in [-0.2, -0.15) is 0 Å². The van der Waals surface area contributed by atoms with Crippen molar-refractivity contribution < 1.29 is 15.0 Å². The van der Waals surface area contributed by atoms with Crippen molar-refractivity contribution in [3.63, 3.8) is 0 Å². The van der Waals surface area contributed by atoms with Gasteiger partial charge in [-0.05, 0) is 0 Å². The van der Waals surface area contributed by atoms with E-state index in [1.54, 1.807) is 0 Å². The number of carbonyl (C=O) groups is 1. The van der Waals surface area contributed by atoms with E-state index in [0.29, 0.717) is 11.0 Å². The van der Waals surface area contributed by atoms with Crippen molar-refractivity contribution in [2.24, 2.45) is 5.73 Å². The molecule has 17 heavy (non-hydrogen) atoms. The molecule has 0 fully saturated rings. The van der Waals surface area contributed by atoms with Crippen LogP contribution in [-0.2, 0) is 4.79 Å². The highest BCUT2D eigenvalue weighted by Crippen LogP contribution is 2.27. The number of fused-ring (bicyclic) bond motifs is 1. The zero-order chi connectivity index (χ0) is 12.6.